The zero-order valence-electron chi connectivity index (χ0n) is 17.5. The van der Waals surface area contributed by atoms with Gasteiger partial charge in [-0.3, -0.25) is 19.7 Å². The van der Waals surface area contributed by atoms with Crippen LogP contribution in [-0.4, -0.2) is 27.6 Å². The molecule has 0 radical (unpaired) electrons. The van der Waals surface area contributed by atoms with Gasteiger partial charge in [0.2, 0.25) is 5.91 Å². The lowest BCUT2D eigenvalue weighted by atomic mass is 10.1. The summed E-state index contributed by atoms with van der Waals surface area (Å²) in [6, 6.07) is 7.69. The van der Waals surface area contributed by atoms with Crippen LogP contribution in [0.3, 0.4) is 0 Å². The Labute approximate surface area is 178 Å². The number of aryl methyl sites for hydroxylation is 1. The molecule has 7 nitrogen and oxygen atoms in total. The maximum absolute atomic E-state index is 12.7. The van der Waals surface area contributed by atoms with Gasteiger partial charge in [0.05, 0.1) is 11.7 Å². The molecule has 3 rings (SSSR count). The first kappa shape index (κ1) is 21.4. The van der Waals surface area contributed by atoms with Crippen LogP contribution in [0, 0.1) is 13.8 Å². The van der Waals surface area contributed by atoms with E-state index >= 15 is 0 Å². The van der Waals surface area contributed by atoms with Crippen LogP contribution in [0.1, 0.15) is 64.5 Å². The van der Waals surface area contributed by atoms with Crippen molar-refractivity contribution < 1.29 is 14.4 Å². The molecule has 0 saturated heterocycles. The second kappa shape index (κ2) is 8.62. The molecule has 3 N–H and O–H groups in total. The highest BCUT2D eigenvalue weighted by Gasteiger charge is 2.20. The number of rotatable bonds is 6. The minimum absolute atomic E-state index is 0.0746. The Morgan fingerprint density at radius 3 is 2.33 bits per heavy atom. The van der Waals surface area contributed by atoms with Crippen molar-refractivity contribution in [3.8, 4) is 11.3 Å². The maximum atomic E-state index is 12.7. The number of thiazole rings is 1. The smallest absolute Gasteiger partial charge is 0.274 e. The van der Waals surface area contributed by atoms with Gasteiger partial charge in [-0.25, -0.2) is 4.98 Å². The van der Waals surface area contributed by atoms with Crippen molar-refractivity contribution in [3.63, 3.8) is 0 Å². The summed E-state index contributed by atoms with van der Waals surface area (Å²) in [5.41, 5.74) is 4.89. The highest BCUT2D eigenvalue weighted by Crippen LogP contribution is 2.27. The van der Waals surface area contributed by atoms with Crippen molar-refractivity contribution in [1.29, 1.82) is 0 Å². The fourth-order valence-corrected chi connectivity index (χ4v) is 4.17. The van der Waals surface area contributed by atoms with Gasteiger partial charge in [0.15, 0.2) is 10.9 Å². The number of aromatic nitrogens is 2. The number of carbonyl (C=O) groups excluding carboxylic acids is 3. The molecule has 1 atom stereocenters. The number of H-pyrrole nitrogens is 1. The summed E-state index contributed by atoms with van der Waals surface area (Å²) in [7, 11) is 0. The Balaban J connectivity index is 1.74. The van der Waals surface area contributed by atoms with Gasteiger partial charge in [0, 0.05) is 29.1 Å². The number of hydrogen-bond acceptors (Lipinski definition) is 5. The number of Topliss-reactive ketones (excluding diaryl/α,β-unsaturated/α-hetero) is 1. The van der Waals surface area contributed by atoms with E-state index in [0.29, 0.717) is 27.6 Å². The Bertz CT molecular complexity index is 1110. The third-order valence-electron chi connectivity index (χ3n) is 4.87. The Morgan fingerprint density at radius 1 is 1.10 bits per heavy atom. The van der Waals surface area contributed by atoms with Crippen LogP contribution in [0.5, 0.6) is 0 Å². The van der Waals surface area contributed by atoms with E-state index in [2.05, 4.69) is 20.6 Å². The molecule has 0 bridgehead atoms. The first-order valence-corrected chi connectivity index (χ1v) is 10.4. The standard InChI is InChI=1S/C22H24N4O3S/c1-11-19(14(4)27)13(3)24-20(11)21(29)26-22-25-18(10-30-22)17-8-6-16(7-9-17)12(2)23-15(5)28/h6-10,12,24H,1-5H3,(H,23,28)(H,25,26,29). The lowest BCUT2D eigenvalue weighted by molar-refractivity contribution is -0.119. The van der Waals surface area contributed by atoms with E-state index in [-0.39, 0.29) is 23.6 Å². The monoisotopic (exact) mass is 424 g/mol. The zero-order valence-corrected chi connectivity index (χ0v) is 18.4. The molecule has 2 amide bonds. The number of ketones is 1. The summed E-state index contributed by atoms with van der Waals surface area (Å²) >= 11 is 1.33. The largest absolute Gasteiger partial charge is 0.354 e. The molecule has 30 heavy (non-hydrogen) atoms. The summed E-state index contributed by atoms with van der Waals surface area (Å²) in [4.78, 5) is 43.1. The highest BCUT2D eigenvalue weighted by atomic mass is 32.1. The molecular formula is C22H24N4O3S. The van der Waals surface area contributed by atoms with Gasteiger partial charge in [-0.1, -0.05) is 24.3 Å². The first-order valence-electron chi connectivity index (χ1n) is 9.51. The van der Waals surface area contributed by atoms with E-state index in [1.165, 1.54) is 25.2 Å². The van der Waals surface area contributed by atoms with Crippen LogP contribution in [0.15, 0.2) is 29.6 Å². The van der Waals surface area contributed by atoms with E-state index in [1.807, 2.05) is 36.6 Å². The van der Waals surface area contributed by atoms with Crippen molar-refractivity contribution in [2.24, 2.45) is 0 Å². The quantitative estimate of drug-likeness (QED) is 0.510. The molecule has 0 aliphatic rings. The molecule has 156 valence electrons. The zero-order chi connectivity index (χ0) is 22.0. The predicted molar refractivity (Wildman–Crippen MR) is 118 cm³/mol. The van der Waals surface area contributed by atoms with E-state index in [9.17, 15) is 14.4 Å². The van der Waals surface area contributed by atoms with Crippen LogP contribution in [0.4, 0.5) is 5.13 Å². The van der Waals surface area contributed by atoms with Crippen LogP contribution < -0.4 is 10.6 Å². The van der Waals surface area contributed by atoms with Crippen molar-refractivity contribution in [3.05, 3.63) is 57.7 Å². The third kappa shape index (κ3) is 4.49. The van der Waals surface area contributed by atoms with Crippen LogP contribution in [-0.2, 0) is 4.79 Å². The lowest BCUT2D eigenvalue weighted by Gasteiger charge is -2.13. The molecule has 0 spiro atoms. The van der Waals surface area contributed by atoms with Gasteiger partial charge < -0.3 is 10.3 Å². The number of carbonyl (C=O) groups is 3. The van der Waals surface area contributed by atoms with Gasteiger partial charge in [-0.2, -0.15) is 0 Å². The highest BCUT2D eigenvalue weighted by molar-refractivity contribution is 7.14. The molecule has 0 fully saturated rings. The lowest BCUT2D eigenvalue weighted by Crippen LogP contribution is -2.23. The van der Waals surface area contributed by atoms with Crippen molar-refractivity contribution in [2.45, 2.75) is 40.7 Å². The molecular weight excluding hydrogens is 400 g/mol. The normalized spacial score (nSPS) is 11.8. The Kier molecular flexibility index (Phi) is 6.17. The number of hydrogen-bond donors (Lipinski definition) is 3. The van der Waals surface area contributed by atoms with Gasteiger partial charge in [-0.05, 0) is 38.8 Å². The molecule has 0 aliphatic heterocycles. The fraction of sp³-hybridized carbons (Fsp3) is 0.273. The van der Waals surface area contributed by atoms with Crippen LogP contribution in [0.25, 0.3) is 11.3 Å². The molecule has 8 heteroatoms. The van der Waals surface area contributed by atoms with Gasteiger partial charge >= 0.3 is 0 Å². The molecule has 3 aromatic rings. The van der Waals surface area contributed by atoms with Crippen molar-refractivity contribution in [1.82, 2.24) is 15.3 Å². The van der Waals surface area contributed by atoms with Crippen molar-refractivity contribution in [2.75, 3.05) is 5.32 Å². The summed E-state index contributed by atoms with van der Waals surface area (Å²) in [6.07, 6.45) is 0. The number of amides is 2. The SMILES string of the molecule is CC(=O)NC(C)c1ccc(-c2csc(NC(=O)c3[nH]c(C)c(C(C)=O)c3C)n2)cc1. The number of nitrogens with zero attached hydrogens (tertiary/aromatic N) is 1. The van der Waals surface area contributed by atoms with E-state index in [1.54, 1.807) is 13.8 Å². The molecule has 1 unspecified atom stereocenters. The Morgan fingerprint density at radius 2 is 1.77 bits per heavy atom. The maximum Gasteiger partial charge on any atom is 0.274 e. The number of nitrogens with one attached hydrogen (secondary N) is 3. The topological polar surface area (TPSA) is 104 Å². The second-order valence-corrected chi connectivity index (χ2v) is 8.08. The average Bonchev–Trinajstić information content (AvgIpc) is 3.25. The van der Waals surface area contributed by atoms with E-state index in [0.717, 1.165) is 16.8 Å². The van der Waals surface area contributed by atoms with Gasteiger partial charge in [-0.15, -0.1) is 11.3 Å². The van der Waals surface area contributed by atoms with Crippen molar-refractivity contribution >= 4 is 34.1 Å². The minimum Gasteiger partial charge on any atom is -0.354 e. The summed E-state index contributed by atoms with van der Waals surface area (Å²) in [6.45, 7) is 8.44. The van der Waals surface area contributed by atoms with Crippen LogP contribution in [0.2, 0.25) is 0 Å². The predicted octanol–water partition coefficient (Wildman–Crippen LogP) is 4.41. The molecule has 1 aromatic carbocycles. The van der Waals surface area contributed by atoms with E-state index < -0.39 is 0 Å². The molecule has 2 heterocycles. The Hall–Kier alpha value is -3.26. The summed E-state index contributed by atoms with van der Waals surface area (Å²) in [5, 5.41) is 8.00. The van der Waals surface area contributed by atoms with E-state index in [4.69, 9.17) is 0 Å². The third-order valence-corrected chi connectivity index (χ3v) is 5.63. The number of aromatic amines is 1. The fourth-order valence-electron chi connectivity index (χ4n) is 3.46. The minimum atomic E-state index is -0.330. The molecule has 2 aromatic heterocycles. The van der Waals surface area contributed by atoms with Gasteiger partial charge in [0.1, 0.15) is 5.69 Å². The molecule has 0 saturated carbocycles. The molecule has 0 aliphatic carbocycles. The average molecular weight is 425 g/mol. The summed E-state index contributed by atoms with van der Waals surface area (Å²) in [5.74, 6) is -0.481. The first-order chi connectivity index (χ1) is 14.2. The van der Waals surface area contributed by atoms with Gasteiger partial charge in [0.25, 0.3) is 5.91 Å². The number of benzene rings is 1. The summed E-state index contributed by atoms with van der Waals surface area (Å²) < 4.78 is 0. The second-order valence-electron chi connectivity index (χ2n) is 7.22. The number of anilines is 1. The van der Waals surface area contributed by atoms with Crippen LogP contribution >= 0.6 is 11.3 Å².